The van der Waals surface area contributed by atoms with E-state index < -0.39 is 0 Å². The van der Waals surface area contributed by atoms with Crippen molar-refractivity contribution in [3.63, 3.8) is 0 Å². The van der Waals surface area contributed by atoms with Crippen LogP contribution < -0.4 is 4.74 Å². The molecule has 0 spiro atoms. The number of rotatable bonds is 3. The lowest BCUT2D eigenvalue weighted by Gasteiger charge is -2.08. The number of hydrogen-bond acceptors (Lipinski definition) is 2. The second-order valence-corrected chi connectivity index (χ2v) is 4.79. The maximum absolute atomic E-state index is 5.73. The minimum absolute atomic E-state index is 0.496. The summed E-state index contributed by atoms with van der Waals surface area (Å²) in [5.41, 5.74) is 1.47. The molecule has 1 saturated carbocycles. The van der Waals surface area contributed by atoms with Crippen LogP contribution in [0.25, 0.3) is 0 Å². The van der Waals surface area contributed by atoms with Gasteiger partial charge in [0.2, 0.25) is 0 Å². The van der Waals surface area contributed by atoms with Gasteiger partial charge in [-0.15, -0.1) is 0 Å². The van der Waals surface area contributed by atoms with Crippen molar-refractivity contribution in [2.45, 2.75) is 27.2 Å². The van der Waals surface area contributed by atoms with E-state index in [1.807, 2.05) is 19.1 Å². The normalized spacial score (nSPS) is 23.2. The van der Waals surface area contributed by atoms with Crippen molar-refractivity contribution in [2.24, 2.45) is 11.3 Å². The molecular formula is C12H17NO. The quantitative estimate of drug-likeness (QED) is 0.733. The van der Waals surface area contributed by atoms with Gasteiger partial charge in [-0.05, 0) is 36.8 Å². The van der Waals surface area contributed by atoms with Crippen LogP contribution in [-0.4, -0.2) is 11.6 Å². The molecule has 1 atom stereocenters. The van der Waals surface area contributed by atoms with Crippen LogP contribution in [0.15, 0.2) is 18.3 Å². The number of ether oxygens (including phenoxy) is 1. The Hall–Kier alpha value is -1.05. The van der Waals surface area contributed by atoms with Gasteiger partial charge >= 0.3 is 0 Å². The fourth-order valence-corrected chi connectivity index (χ4v) is 1.67. The van der Waals surface area contributed by atoms with Crippen LogP contribution in [0, 0.1) is 18.3 Å². The topological polar surface area (TPSA) is 22.1 Å². The highest BCUT2D eigenvalue weighted by Gasteiger charge is 2.45. The van der Waals surface area contributed by atoms with Gasteiger partial charge in [-0.2, -0.15) is 0 Å². The van der Waals surface area contributed by atoms with Gasteiger partial charge in [-0.25, -0.2) is 0 Å². The SMILES string of the molecule is Cc1ncccc1OCC1CC1(C)C. The molecule has 0 saturated heterocycles. The molecule has 2 rings (SSSR count). The van der Waals surface area contributed by atoms with E-state index in [2.05, 4.69) is 18.8 Å². The first-order chi connectivity index (χ1) is 6.59. The Bertz CT molecular complexity index is 333. The molecule has 0 bridgehead atoms. The molecule has 0 N–H and O–H groups in total. The van der Waals surface area contributed by atoms with Crippen molar-refractivity contribution in [1.29, 1.82) is 0 Å². The summed E-state index contributed by atoms with van der Waals surface area (Å²) in [6, 6.07) is 3.90. The van der Waals surface area contributed by atoms with Crippen molar-refractivity contribution in [2.75, 3.05) is 6.61 Å². The van der Waals surface area contributed by atoms with E-state index in [0.29, 0.717) is 5.41 Å². The highest BCUT2D eigenvalue weighted by molar-refractivity contribution is 5.25. The maximum atomic E-state index is 5.73. The summed E-state index contributed by atoms with van der Waals surface area (Å²) in [5.74, 6) is 1.65. The zero-order valence-electron chi connectivity index (χ0n) is 9.08. The van der Waals surface area contributed by atoms with Crippen LogP contribution in [0.4, 0.5) is 0 Å². The van der Waals surface area contributed by atoms with E-state index >= 15 is 0 Å². The first-order valence-electron chi connectivity index (χ1n) is 5.14. The zero-order valence-corrected chi connectivity index (χ0v) is 9.08. The van der Waals surface area contributed by atoms with Crippen LogP contribution in [0.2, 0.25) is 0 Å². The van der Waals surface area contributed by atoms with Crippen LogP contribution in [0.5, 0.6) is 5.75 Å². The van der Waals surface area contributed by atoms with E-state index in [4.69, 9.17) is 4.74 Å². The van der Waals surface area contributed by atoms with Crippen molar-refractivity contribution in [3.05, 3.63) is 24.0 Å². The fraction of sp³-hybridized carbons (Fsp3) is 0.583. The standard InChI is InChI=1S/C12H17NO/c1-9-11(5-4-6-13-9)14-8-10-7-12(10,2)3/h4-6,10H,7-8H2,1-3H3. The molecule has 0 amide bonds. The number of hydrogen-bond donors (Lipinski definition) is 0. The van der Waals surface area contributed by atoms with Crippen LogP contribution in [-0.2, 0) is 0 Å². The molecule has 14 heavy (non-hydrogen) atoms. The number of nitrogens with zero attached hydrogens (tertiary/aromatic N) is 1. The summed E-state index contributed by atoms with van der Waals surface area (Å²) in [4.78, 5) is 4.19. The molecule has 2 heteroatoms. The fourth-order valence-electron chi connectivity index (χ4n) is 1.67. The molecule has 76 valence electrons. The first-order valence-corrected chi connectivity index (χ1v) is 5.14. The Balaban J connectivity index is 1.90. The molecular weight excluding hydrogens is 174 g/mol. The monoisotopic (exact) mass is 191 g/mol. The lowest BCUT2D eigenvalue weighted by atomic mass is 10.1. The molecule has 1 aromatic rings. The molecule has 1 heterocycles. The smallest absolute Gasteiger partial charge is 0.140 e. The van der Waals surface area contributed by atoms with Crippen molar-refractivity contribution >= 4 is 0 Å². The average molecular weight is 191 g/mol. The van der Waals surface area contributed by atoms with Gasteiger partial charge in [0.05, 0.1) is 12.3 Å². The number of aryl methyl sites for hydroxylation is 1. The first kappa shape index (κ1) is 9.50. The second-order valence-electron chi connectivity index (χ2n) is 4.79. The minimum Gasteiger partial charge on any atom is -0.491 e. The third-order valence-corrected chi connectivity index (χ3v) is 3.12. The Labute approximate surface area is 85.3 Å². The van der Waals surface area contributed by atoms with Crippen molar-refractivity contribution < 1.29 is 4.74 Å². The molecule has 0 radical (unpaired) electrons. The largest absolute Gasteiger partial charge is 0.491 e. The van der Waals surface area contributed by atoms with E-state index in [1.165, 1.54) is 6.42 Å². The highest BCUT2D eigenvalue weighted by atomic mass is 16.5. The van der Waals surface area contributed by atoms with Gasteiger partial charge in [-0.1, -0.05) is 13.8 Å². The molecule has 1 aliphatic carbocycles. The van der Waals surface area contributed by atoms with Crippen LogP contribution >= 0.6 is 0 Å². The number of aromatic nitrogens is 1. The third-order valence-electron chi connectivity index (χ3n) is 3.12. The van der Waals surface area contributed by atoms with Crippen molar-refractivity contribution in [1.82, 2.24) is 4.98 Å². The Morgan fingerprint density at radius 1 is 1.57 bits per heavy atom. The lowest BCUT2D eigenvalue weighted by molar-refractivity contribution is 0.277. The Morgan fingerprint density at radius 3 is 2.86 bits per heavy atom. The molecule has 1 aromatic heterocycles. The zero-order chi connectivity index (χ0) is 10.2. The third kappa shape index (κ3) is 1.89. The Kier molecular flexibility index (Phi) is 2.22. The van der Waals surface area contributed by atoms with Gasteiger partial charge in [0, 0.05) is 6.20 Å². The predicted octanol–water partition coefficient (Wildman–Crippen LogP) is 2.81. The van der Waals surface area contributed by atoms with Gasteiger partial charge in [-0.3, -0.25) is 4.98 Å². The average Bonchev–Trinajstić information content (AvgIpc) is 2.73. The summed E-state index contributed by atoms with van der Waals surface area (Å²) in [6.07, 6.45) is 3.08. The molecule has 2 nitrogen and oxygen atoms in total. The summed E-state index contributed by atoms with van der Waals surface area (Å²) in [6.45, 7) is 7.39. The van der Waals surface area contributed by atoms with E-state index in [-0.39, 0.29) is 0 Å². The summed E-state index contributed by atoms with van der Waals surface area (Å²) < 4.78 is 5.73. The van der Waals surface area contributed by atoms with Crippen LogP contribution in [0.1, 0.15) is 26.0 Å². The van der Waals surface area contributed by atoms with E-state index in [9.17, 15) is 0 Å². The molecule has 1 aliphatic rings. The second kappa shape index (κ2) is 3.26. The predicted molar refractivity (Wildman–Crippen MR) is 56.4 cm³/mol. The van der Waals surface area contributed by atoms with E-state index in [0.717, 1.165) is 24.0 Å². The molecule has 1 fully saturated rings. The lowest BCUT2D eigenvalue weighted by Crippen LogP contribution is -2.05. The van der Waals surface area contributed by atoms with Crippen molar-refractivity contribution in [3.8, 4) is 5.75 Å². The van der Waals surface area contributed by atoms with Crippen LogP contribution in [0.3, 0.4) is 0 Å². The highest BCUT2D eigenvalue weighted by Crippen LogP contribution is 2.51. The van der Waals surface area contributed by atoms with Gasteiger partial charge in [0.15, 0.2) is 0 Å². The van der Waals surface area contributed by atoms with Gasteiger partial charge < -0.3 is 4.74 Å². The maximum Gasteiger partial charge on any atom is 0.140 e. The summed E-state index contributed by atoms with van der Waals surface area (Å²) in [5, 5.41) is 0. The molecule has 0 aliphatic heterocycles. The minimum atomic E-state index is 0.496. The van der Waals surface area contributed by atoms with Gasteiger partial charge in [0.1, 0.15) is 5.75 Å². The molecule has 1 unspecified atom stereocenters. The van der Waals surface area contributed by atoms with Gasteiger partial charge in [0.25, 0.3) is 0 Å². The summed E-state index contributed by atoms with van der Waals surface area (Å²) >= 11 is 0. The number of pyridine rings is 1. The van der Waals surface area contributed by atoms with E-state index in [1.54, 1.807) is 6.20 Å². The summed E-state index contributed by atoms with van der Waals surface area (Å²) in [7, 11) is 0. The Morgan fingerprint density at radius 2 is 2.29 bits per heavy atom. The molecule has 0 aromatic carbocycles.